The zero-order valence-corrected chi connectivity index (χ0v) is 20.0. The van der Waals surface area contributed by atoms with Gasteiger partial charge in [0, 0.05) is 45.1 Å². The van der Waals surface area contributed by atoms with Crippen LogP contribution in [-0.2, 0) is 9.47 Å². The molecule has 30 heavy (non-hydrogen) atoms. The van der Waals surface area contributed by atoms with Gasteiger partial charge in [0.1, 0.15) is 5.60 Å². The maximum Gasteiger partial charge on any atom is 0.410 e. The van der Waals surface area contributed by atoms with Crippen molar-refractivity contribution in [1.82, 2.24) is 9.21 Å². The molecule has 6 heteroatoms. The van der Waals surface area contributed by atoms with E-state index in [0.717, 1.165) is 75.7 Å². The molecule has 0 N–H and O–H groups in total. The first-order valence-corrected chi connectivity index (χ1v) is 13.4. The number of ether oxygens (including phenoxy) is 2. The molecule has 5 nitrogen and oxygen atoms in total. The van der Waals surface area contributed by atoms with Crippen molar-refractivity contribution in [2.75, 3.05) is 45.1 Å². The number of hydrogen-bond acceptors (Lipinski definition) is 5. The number of rotatable bonds is 9. The molecule has 0 aromatic heterocycles. The highest BCUT2D eigenvalue weighted by Gasteiger charge is 2.44. The molecule has 0 radical (unpaired) electrons. The van der Waals surface area contributed by atoms with Gasteiger partial charge in [0.15, 0.2) is 0 Å². The Hall–Kier alpha value is -0.460. The Bertz CT molecular complexity index is 555. The van der Waals surface area contributed by atoms with Gasteiger partial charge in [-0.2, -0.15) is 0 Å². The molecule has 2 heterocycles. The van der Waals surface area contributed by atoms with E-state index >= 15 is 0 Å². The van der Waals surface area contributed by atoms with Crippen LogP contribution in [0.2, 0.25) is 0 Å². The fourth-order valence-corrected chi connectivity index (χ4v) is 6.45. The molecule has 172 valence electrons. The number of carbonyl (C=O) groups is 1. The molecule has 4 aliphatic rings. The molecule has 2 aliphatic heterocycles. The largest absolute Gasteiger partial charge is 0.443 e. The summed E-state index contributed by atoms with van der Waals surface area (Å²) in [6.45, 7) is 10.4. The lowest BCUT2D eigenvalue weighted by atomic mass is 9.82. The summed E-state index contributed by atoms with van der Waals surface area (Å²) in [5.41, 5.74) is -0.180. The average molecular weight is 439 g/mol. The number of piperidine rings is 2. The molecular weight excluding hydrogens is 396 g/mol. The Morgan fingerprint density at radius 2 is 1.83 bits per heavy atom. The standard InChI is InChI=1S/C24H42N2O3S/c1-3-30-26-14-5-19(6-15-26)18-28-16-9-21-17-22(21)20-7-12-25(13-8-20)23(27)29-24(2)10-4-11-24/h19-22H,3-18H2,1-2H3/t21?,22-/m1/s1. The van der Waals surface area contributed by atoms with Crippen molar-refractivity contribution in [2.24, 2.45) is 23.7 Å². The zero-order valence-electron chi connectivity index (χ0n) is 19.2. The molecule has 1 unspecified atom stereocenters. The summed E-state index contributed by atoms with van der Waals surface area (Å²) in [7, 11) is 0. The summed E-state index contributed by atoms with van der Waals surface area (Å²) in [5.74, 6) is 4.50. The number of nitrogens with zero attached hydrogens (tertiary/aromatic N) is 2. The average Bonchev–Trinajstić information content (AvgIpc) is 3.51. The Kier molecular flexibility index (Phi) is 7.91. The van der Waals surface area contributed by atoms with Crippen LogP contribution in [-0.4, -0.2) is 66.0 Å². The van der Waals surface area contributed by atoms with Gasteiger partial charge in [0.05, 0.1) is 0 Å². The molecule has 2 saturated carbocycles. The third-order valence-corrected chi connectivity index (χ3v) is 8.99. The van der Waals surface area contributed by atoms with E-state index in [4.69, 9.17) is 9.47 Å². The molecule has 4 fully saturated rings. The van der Waals surface area contributed by atoms with Crippen LogP contribution in [0.15, 0.2) is 0 Å². The molecule has 2 atom stereocenters. The quantitative estimate of drug-likeness (QED) is 0.366. The van der Waals surface area contributed by atoms with Crippen LogP contribution in [0, 0.1) is 23.7 Å². The molecular formula is C24H42N2O3S. The van der Waals surface area contributed by atoms with Crippen molar-refractivity contribution >= 4 is 18.0 Å². The number of amides is 1. The van der Waals surface area contributed by atoms with Crippen LogP contribution in [0.25, 0.3) is 0 Å². The monoisotopic (exact) mass is 438 g/mol. The predicted octanol–water partition coefficient (Wildman–Crippen LogP) is 5.20. The van der Waals surface area contributed by atoms with Crippen molar-refractivity contribution < 1.29 is 14.3 Å². The van der Waals surface area contributed by atoms with E-state index in [-0.39, 0.29) is 11.7 Å². The highest BCUT2D eigenvalue weighted by molar-refractivity contribution is 7.96. The fourth-order valence-electron chi connectivity index (χ4n) is 5.61. The third kappa shape index (κ3) is 6.07. The second kappa shape index (κ2) is 10.4. The molecule has 0 bridgehead atoms. The minimum Gasteiger partial charge on any atom is -0.443 e. The van der Waals surface area contributed by atoms with Crippen molar-refractivity contribution in [3.63, 3.8) is 0 Å². The smallest absolute Gasteiger partial charge is 0.410 e. The summed E-state index contributed by atoms with van der Waals surface area (Å²) < 4.78 is 14.3. The molecule has 0 aromatic carbocycles. The SMILES string of the molecule is CCSN1CCC(COCCC2C[C@@H]2C2CCN(C(=O)OC3(C)CCC3)CC2)CC1. The summed E-state index contributed by atoms with van der Waals surface area (Å²) in [5, 5.41) is 0. The number of hydrogen-bond donors (Lipinski definition) is 0. The summed E-state index contributed by atoms with van der Waals surface area (Å²) in [6.07, 6.45) is 10.7. The summed E-state index contributed by atoms with van der Waals surface area (Å²) >= 11 is 1.98. The maximum absolute atomic E-state index is 12.4. The normalized spacial score (nSPS) is 30.1. The third-order valence-electron chi connectivity index (χ3n) is 8.00. The topological polar surface area (TPSA) is 42.0 Å². The summed E-state index contributed by atoms with van der Waals surface area (Å²) in [4.78, 5) is 14.4. The Morgan fingerprint density at radius 1 is 1.10 bits per heavy atom. The van der Waals surface area contributed by atoms with Crippen LogP contribution in [0.1, 0.15) is 71.6 Å². The van der Waals surface area contributed by atoms with Gasteiger partial charge in [0.25, 0.3) is 0 Å². The van der Waals surface area contributed by atoms with Gasteiger partial charge in [-0.1, -0.05) is 18.9 Å². The number of likely N-dealkylation sites (tertiary alicyclic amines) is 1. The van der Waals surface area contributed by atoms with Crippen LogP contribution in [0.5, 0.6) is 0 Å². The van der Waals surface area contributed by atoms with E-state index in [1.807, 2.05) is 16.8 Å². The predicted molar refractivity (Wildman–Crippen MR) is 122 cm³/mol. The zero-order chi connectivity index (χ0) is 21.0. The van der Waals surface area contributed by atoms with E-state index in [2.05, 4.69) is 18.2 Å². The summed E-state index contributed by atoms with van der Waals surface area (Å²) in [6, 6.07) is 0. The molecule has 4 rings (SSSR count). The Morgan fingerprint density at radius 3 is 2.47 bits per heavy atom. The minimum atomic E-state index is -0.180. The van der Waals surface area contributed by atoms with Crippen molar-refractivity contribution in [2.45, 2.75) is 77.2 Å². The van der Waals surface area contributed by atoms with E-state index in [9.17, 15) is 4.79 Å². The Balaban J connectivity index is 1.04. The lowest BCUT2D eigenvalue weighted by Gasteiger charge is -2.40. The first-order chi connectivity index (χ1) is 14.6. The lowest BCUT2D eigenvalue weighted by Crippen LogP contribution is -2.46. The minimum absolute atomic E-state index is 0.0736. The van der Waals surface area contributed by atoms with Gasteiger partial charge in [0.2, 0.25) is 0 Å². The molecule has 2 aliphatic carbocycles. The lowest BCUT2D eigenvalue weighted by molar-refractivity contribution is -0.0508. The van der Waals surface area contributed by atoms with Crippen LogP contribution in [0.3, 0.4) is 0 Å². The van der Waals surface area contributed by atoms with Gasteiger partial charge in [-0.3, -0.25) is 4.31 Å². The second-order valence-corrected chi connectivity index (χ2v) is 11.7. The molecule has 0 aromatic rings. The van der Waals surface area contributed by atoms with Crippen LogP contribution >= 0.6 is 11.9 Å². The number of carbonyl (C=O) groups excluding carboxylic acids is 1. The van der Waals surface area contributed by atoms with Crippen LogP contribution in [0.4, 0.5) is 4.79 Å². The van der Waals surface area contributed by atoms with E-state index < -0.39 is 0 Å². The van der Waals surface area contributed by atoms with Gasteiger partial charge < -0.3 is 14.4 Å². The van der Waals surface area contributed by atoms with Gasteiger partial charge in [-0.05, 0) is 88.4 Å². The van der Waals surface area contributed by atoms with E-state index in [1.165, 1.54) is 50.9 Å². The highest BCUT2D eigenvalue weighted by Crippen LogP contribution is 2.50. The Labute approximate surface area is 187 Å². The molecule has 0 spiro atoms. The maximum atomic E-state index is 12.4. The first-order valence-electron chi connectivity index (χ1n) is 12.5. The van der Waals surface area contributed by atoms with Gasteiger partial charge in [-0.25, -0.2) is 4.79 Å². The molecule has 2 saturated heterocycles. The van der Waals surface area contributed by atoms with Crippen molar-refractivity contribution in [3.05, 3.63) is 0 Å². The van der Waals surface area contributed by atoms with Crippen molar-refractivity contribution in [1.29, 1.82) is 0 Å². The van der Waals surface area contributed by atoms with Crippen LogP contribution < -0.4 is 0 Å². The van der Waals surface area contributed by atoms with Crippen molar-refractivity contribution in [3.8, 4) is 0 Å². The second-order valence-electron chi connectivity index (χ2n) is 10.3. The fraction of sp³-hybridized carbons (Fsp3) is 0.958. The first kappa shape index (κ1) is 22.7. The van der Waals surface area contributed by atoms with Gasteiger partial charge >= 0.3 is 6.09 Å². The van der Waals surface area contributed by atoms with E-state index in [1.54, 1.807) is 0 Å². The van der Waals surface area contributed by atoms with Gasteiger partial charge in [-0.15, -0.1) is 0 Å². The molecule has 1 amide bonds. The van der Waals surface area contributed by atoms with E-state index in [0.29, 0.717) is 0 Å². The highest BCUT2D eigenvalue weighted by atomic mass is 32.2.